The standard InChI is InChI=1S/C17H25NO3/c1-12(2)15-8-4-6-13(3)17(15)18-16(19)11-20-10-14-7-5-9-21-14/h4,6,8,12,14H,5,7,9-11H2,1-3H3,(H,18,19). The number of ether oxygens (including phenoxy) is 2. The van der Waals surface area contributed by atoms with Crippen LogP contribution in [0.1, 0.15) is 43.7 Å². The number of benzene rings is 1. The van der Waals surface area contributed by atoms with Gasteiger partial charge in [0.15, 0.2) is 0 Å². The number of carbonyl (C=O) groups is 1. The molecule has 1 fully saturated rings. The van der Waals surface area contributed by atoms with Gasteiger partial charge in [0.25, 0.3) is 0 Å². The van der Waals surface area contributed by atoms with Gasteiger partial charge in [-0.3, -0.25) is 4.79 Å². The van der Waals surface area contributed by atoms with Crippen LogP contribution in [0.25, 0.3) is 0 Å². The summed E-state index contributed by atoms with van der Waals surface area (Å²) in [6, 6.07) is 6.09. The number of rotatable bonds is 6. The van der Waals surface area contributed by atoms with Crippen molar-refractivity contribution in [3.63, 3.8) is 0 Å². The van der Waals surface area contributed by atoms with Gasteiger partial charge >= 0.3 is 0 Å². The molecule has 0 saturated carbocycles. The van der Waals surface area contributed by atoms with Gasteiger partial charge in [0.05, 0.1) is 12.7 Å². The van der Waals surface area contributed by atoms with E-state index in [1.165, 1.54) is 0 Å². The molecule has 0 aliphatic carbocycles. The van der Waals surface area contributed by atoms with Crippen LogP contribution in [0, 0.1) is 6.92 Å². The molecular weight excluding hydrogens is 266 g/mol. The maximum atomic E-state index is 12.0. The minimum absolute atomic E-state index is 0.0751. The van der Waals surface area contributed by atoms with Crippen molar-refractivity contribution >= 4 is 11.6 Å². The van der Waals surface area contributed by atoms with E-state index in [-0.39, 0.29) is 18.6 Å². The number of hydrogen-bond donors (Lipinski definition) is 1. The summed E-state index contributed by atoms with van der Waals surface area (Å²) in [5.74, 6) is 0.261. The first-order valence-corrected chi connectivity index (χ1v) is 7.66. The fraction of sp³-hybridized carbons (Fsp3) is 0.588. The molecule has 1 unspecified atom stereocenters. The molecule has 1 aliphatic heterocycles. The Morgan fingerprint density at radius 3 is 2.95 bits per heavy atom. The average Bonchev–Trinajstić information content (AvgIpc) is 2.94. The molecule has 1 atom stereocenters. The highest BCUT2D eigenvalue weighted by atomic mass is 16.5. The van der Waals surface area contributed by atoms with E-state index in [0.29, 0.717) is 12.5 Å². The Bertz CT molecular complexity index is 479. The predicted octanol–water partition coefficient (Wildman–Crippen LogP) is 3.25. The predicted molar refractivity (Wildman–Crippen MR) is 83.7 cm³/mol. The summed E-state index contributed by atoms with van der Waals surface area (Å²) < 4.78 is 10.9. The van der Waals surface area contributed by atoms with Gasteiger partial charge < -0.3 is 14.8 Å². The molecule has 1 amide bonds. The molecule has 1 aromatic rings. The van der Waals surface area contributed by atoms with Crippen LogP contribution in [0.15, 0.2) is 18.2 Å². The van der Waals surface area contributed by atoms with Crippen molar-refractivity contribution in [2.24, 2.45) is 0 Å². The lowest BCUT2D eigenvalue weighted by molar-refractivity contribution is -0.121. The van der Waals surface area contributed by atoms with Crippen molar-refractivity contribution in [1.82, 2.24) is 0 Å². The number of aryl methyl sites for hydroxylation is 1. The van der Waals surface area contributed by atoms with E-state index >= 15 is 0 Å². The number of carbonyl (C=O) groups excluding carboxylic acids is 1. The number of nitrogens with one attached hydrogen (secondary N) is 1. The summed E-state index contributed by atoms with van der Waals surface area (Å²) in [4.78, 5) is 12.0. The zero-order valence-corrected chi connectivity index (χ0v) is 13.1. The third-order valence-corrected chi connectivity index (χ3v) is 3.75. The summed E-state index contributed by atoms with van der Waals surface area (Å²) in [5, 5.41) is 2.98. The van der Waals surface area contributed by atoms with Gasteiger partial charge in [0.2, 0.25) is 5.91 Å². The monoisotopic (exact) mass is 291 g/mol. The molecule has 1 N–H and O–H groups in total. The highest BCUT2D eigenvalue weighted by Gasteiger charge is 2.16. The normalized spacial score (nSPS) is 18.2. The third kappa shape index (κ3) is 4.55. The van der Waals surface area contributed by atoms with Crippen molar-refractivity contribution in [3.05, 3.63) is 29.3 Å². The number of anilines is 1. The highest BCUT2D eigenvalue weighted by molar-refractivity contribution is 5.93. The molecule has 4 heteroatoms. The molecule has 1 heterocycles. The van der Waals surface area contributed by atoms with Crippen LogP contribution in [0.5, 0.6) is 0 Å². The molecule has 0 bridgehead atoms. The second kappa shape index (κ2) is 7.57. The Kier molecular flexibility index (Phi) is 5.76. The Morgan fingerprint density at radius 2 is 2.29 bits per heavy atom. The Balaban J connectivity index is 1.87. The molecule has 2 rings (SSSR count). The van der Waals surface area contributed by atoms with Gasteiger partial charge in [-0.05, 0) is 36.8 Å². The Hall–Kier alpha value is -1.39. The summed E-state index contributed by atoms with van der Waals surface area (Å²) in [6.07, 6.45) is 2.26. The molecule has 0 spiro atoms. The summed E-state index contributed by atoms with van der Waals surface area (Å²) in [5.41, 5.74) is 3.15. The second-order valence-corrected chi connectivity index (χ2v) is 5.89. The summed E-state index contributed by atoms with van der Waals surface area (Å²) in [6.45, 7) is 7.64. The molecule has 4 nitrogen and oxygen atoms in total. The summed E-state index contributed by atoms with van der Waals surface area (Å²) >= 11 is 0. The number of hydrogen-bond acceptors (Lipinski definition) is 3. The quantitative estimate of drug-likeness (QED) is 0.875. The SMILES string of the molecule is Cc1cccc(C(C)C)c1NC(=O)COCC1CCCO1. The largest absolute Gasteiger partial charge is 0.376 e. The van der Waals surface area contributed by atoms with E-state index in [9.17, 15) is 4.79 Å². The molecule has 0 radical (unpaired) electrons. The second-order valence-electron chi connectivity index (χ2n) is 5.89. The average molecular weight is 291 g/mol. The minimum atomic E-state index is -0.107. The van der Waals surface area contributed by atoms with Crippen molar-refractivity contribution in [1.29, 1.82) is 0 Å². The molecule has 21 heavy (non-hydrogen) atoms. The highest BCUT2D eigenvalue weighted by Crippen LogP contribution is 2.27. The third-order valence-electron chi connectivity index (χ3n) is 3.75. The van der Waals surface area contributed by atoms with Crippen molar-refractivity contribution < 1.29 is 14.3 Å². The van der Waals surface area contributed by atoms with Crippen LogP contribution in [0.3, 0.4) is 0 Å². The molecule has 1 aliphatic rings. The van der Waals surface area contributed by atoms with Gasteiger partial charge in [-0.2, -0.15) is 0 Å². The topological polar surface area (TPSA) is 47.6 Å². The smallest absolute Gasteiger partial charge is 0.250 e. The van der Waals surface area contributed by atoms with Gasteiger partial charge in [-0.15, -0.1) is 0 Å². The van der Waals surface area contributed by atoms with Crippen LogP contribution in [0.4, 0.5) is 5.69 Å². The fourth-order valence-corrected chi connectivity index (χ4v) is 2.58. The maximum Gasteiger partial charge on any atom is 0.250 e. The lowest BCUT2D eigenvalue weighted by Crippen LogP contribution is -2.23. The maximum absolute atomic E-state index is 12.0. The molecule has 0 aromatic heterocycles. The fourth-order valence-electron chi connectivity index (χ4n) is 2.58. The van der Waals surface area contributed by atoms with Crippen LogP contribution < -0.4 is 5.32 Å². The Labute approximate surface area is 126 Å². The zero-order valence-electron chi connectivity index (χ0n) is 13.1. The molecule has 1 aromatic carbocycles. The van der Waals surface area contributed by atoms with E-state index in [4.69, 9.17) is 9.47 Å². The van der Waals surface area contributed by atoms with Gasteiger partial charge in [0, 0.05) is 12.3 Å². The first-order valence-electron chi connectivity index (χ1n) is 7.66. The van der Waals surface area contributed by atoms with E-state index in [1.807, 2.05) is 19.1 Å². The van der Waals surface area contributed by atoms with Crippen molar-refractivity contribution in [3.8, 4) is 0 Å². The van der Waals surface area contributed by atoms with E-state index in [2.05, 4.69) is 25.2 Å². The van der Waals surface area contributed by atoms with Gasteiger partial charge in [0.1, 0.15) is 6.61 Å². The lowest BCUT2D eigenvalue weighted by Gasteiger charge is -2.17. The van der Waals surface area contributed by atoms with Gasteiger partial charge in [-0.25, -0.2) is 0 Å². The minimum Gasteiger partial charge on any atom is -0.376 e. The molecule has 116 valence electrons. The number of para-hydroxylation sites is 1. The van der Waals surface area contributed by atoms with E-state index in [0.717, 1.165) is 36.3 Å². The first-order chi connectivity index (χ1) is 10.1. The van der Waals surface area contributed by atoms with Crippen molar-refractivity contribution in [2.75, 3.05) is 25.1 Å². The van der Waals surface area contributed by atoms with Crippen LogP contribution >= 0.6 is 0 Å². The van der Waals surface area contributed by atoms with Gasteiger partial charge in [-0.1, -0.05) is 32.0 Å². The van der Waals surface area contributed by atoms with E-state index in [1.54, 1.807) is 0 Å². The van der Waals surface area contributed by atoms with Crippen LogP contribution in [0.2, 0.25) is 0 Å². The zero-order chi connectivity index (χ0) is 15.2. The lowest BCUT2D eigenvalue weighted by atomic mass is 9.98. The Morgan fingerprint density at radius 1 is 1.48 bits per heavy atom. The first kappa shape index (κ1) is 16.0. The van der Waals surface area contributed by atoms with Crippen molar-refractivity contribution in [2.45, 2.75) is 45.6 Å². The van der Waals surface area contributed by atoms with Crippen LogP contribution in [-0.4, -0.2) is 31.8 Å². The summed E-state index contributed by atoms with van der Waals surface area (Å²) in [7, 11) is 0. The van der Waals surface area contributed by atoms with Crippen LogP contribution in [-0.2, 0) is 14.3 Å². The molecular formula is C17H25NO3. The number of amides is 1. The van der Waals surface area contributed by atoms with E-state index < -0.39 is 0 Å². The molecule has 1 saturated heterocycles.